The highest BCUT2D eigenvalue weighted by Gasteiger charge is 2.19. The first-order valence-corrected chi connectivity index (χ1v) is 7.39. The minimum atomic E-state index is -0.421. The second-order valence-corrected chi connectivity index (χ2v) is 5.44. The second kappa shape index (κ2) is 6.44. The molecule has 0 spiro atoms. The number of carbonyl (C=O) groups is 1. The van der Waals surface area contributed by atoms with E-state index in [4.69, 9.17) is 4.74 Å². The van der Waals surface area contributed by atoms with Crippen LogP contribution in [0.25, 0.3) is 0 Å². The molecule has 1 aliphatic carbocycles. The number of hydrogen-bond donors (Lipinski definition) is 1. The number of amides is 1. The van der Waals surface area contributed by atoms with Gasteiger partial charge in [-0.3, -0.25) is 5.32 Å². The average Bonchev–Trinajstić information content (AvgIpc) is 2.46. The summed E-state index contributed by atoms with van der Waals surface area (Å²) in [5.74, 6) is 0.712. The third-order valence-corrected chi connectivity index (χ3v) is 3.95. The van der Waals surface area contributed by atoms with Crippen molar-refractivity contribution in [2.24, 2.45) is 0 Å². The molecule has 0 unspecified atom stereocenters. The van der Waals surface area contributed by atoms with Gasteiger partial charge >= 0.3 is 6.09 Å². The molecule has 2 aromatic carbocycles. The van der Waals surface area contributed by atoms with E-state index in [-0.39, 0.29) is 6.61 Å². The lowest BCUT2D eigenvalue weighted by Gasteiger charge is -2.25. The molecule has 3 rings (SSSR count). The fourth-order valence-electron chi connectivity index (χ4n) is 2.46. The van der Waals surface area contributed by atoms with Crippen molar-refractivity contribution in [1.82, 2.24) is 0 Å². The van der Waals surface area contributed by atoms with Gasteiger partial charge in [-0.2, -0.15) is 0 Å². The lowest BCUT2D eigenvalue weighted by molar-refractivity contribution is 0.155. The monoisotopic (exact) mass is 281 g/mol. The van der Waals surface area contributed by atoms with Crippen LogP contribution in [0.3, 0.4) is 0 Å². The molecule has 1 saturated carbocycles. The molecule has 2 aromatic rings. The molecular formula is C18H19NO2. The van der Waals surface area contributed by atoms with Gasteiger partial charge in [0.15, 0.2) is 0 Å². The molecule has 1 amide bonds. The molecule has 3 heteroatoms. The Morgan fingerprint density at radius 3 is 2.38 bits per heavy atom. The van der Waals surface area contributed by atoms with Crippen molar-refractivity contribution in [3.05, 3.63) is 65.7 Å². The quantitative estimate of drug-likeness (QED) is 0.882. The van der Waals surface area contributed by atoms with Gasteiger partial charge in [-0.05, 0) is 42.0 Å². The maximum absolute atomic E-state index is 11.7. The summed E-state index contributed by atoms with van der Waals surface area (Å²) in [5, 5.41) is 2.75. The van der Waals surface area contributed by atoms with E-state index in [9.17, 15) is 4.79 Å². The van der Waals surface area contributed by atoms with Gasteiger partial charge in [0.05, 0.1) is 0 Å². The molecule has 1 aliphatic rings. The molecule has 0 aliphatic heterocycles. The Balaban J connectivity index is 1.50. The first-order valence-electron chi connectivity index (χ1n) is 7.39. The Morgan fingerprint density at radius 1 is 1.05 bits per heavy atom. The second-order valence-electron chi connectivity index (χ2n) is 5.44. The standard InChI is InChI=1S/C18H19NO2/c20-18(21-13-14-5-2-1-3-6-14)19-17-11-9-16(10-12-17)15-7-4-8-15/h1-3,5-6,9-12,15H,4,7-8,13H2,(H,19,20). The topological polar surface area (TPSA) is 38.3 Å². The van der Waals surface area contributed by atoms with Crippen molar-refractivity contribution in [3.63, 3.8) is 0 Å². The highest BCUT2D eigenvalue weighted by atomic mass is 16.5. The molecule has 1 N–H and O–H groups in total. The summed E-state index contributed by atoms with van der Waals surface area (Å²) in [5.41, 5.74) is 3.12. The fourth-order valence-corrected chi connectivity index (χ4v) is 2.46. The smallest absolute Gasteiger partial charge is 0.411 e. The Bertz CT molecular complexity index is 588. The van der Waals surface area contributed by atoms with E-state index in [0.29, 0.717) is 5.92 Å². The third-order valence-electron chi connectivity index (χ3n) is 3.95. The largest absolute Gasteiger partial charge is 0.444 e. The number of anilines is 1. The van der Waals surface area contributed by atoms with Gasteiger partial charge < -0.3 is 4.74 Å². The van der Waals surface area contributed by atoms with Gasteiger partial charge in [-0.25, -0.2) is 4.79 Å². The summed E-state index contributed by atoms with van der Waals surface area (Å²) in [6.45, 7) is 0.285. The Hall–Kier alpha value is -2.29. The Kier molecular flexibility index (Phi) is 4.20. The van der Waals surface area contributed by atoms with Gasteiger partial charge in [-0.1, -0.05) is 48.9 Å². The van der Waals surface area contributed by atoms with Crippen LogP contribution in [0.1, 0.15) is 36.3 Å². The molecule has 0 bridgehead atoms. The van der Waals surface area contributed by atoms with Crippen LogP contribution in [0.4, 0.5) is 10.5 Å². The van der Waals surface area contributed by atoms with Crippen LogP contribution in [-0.4, -0.2) is 6.09 Å². The zero-order valence-electron chi connectivity index (χ0n) is 11.9. The molecular weight excluding hydrogens is 262 g/mol. The van der Waals surface area contributed by atoms with Crippen LogP contribution >= 0.6 is 0 Å². The van der Waals surface area contributed by atoms with Gasteiger partial charge in [0, 0.05) is 5.69 Å². The molecule has 0 atom stereocenters. The van der Waals surface area contributed by atoms with Gasteiger partial charge in [-0.15, -0.1) is 0 Å². The molecule has 1 fully saturated rings. The number of nitrogens with one attached hydrogen (secondary N) is 1. The molecule has 0 saturated heterocycles. The number of hydrogen-bond acceptors (Lipinski definition) is 2. The SMILES string of the molecule is O=C(Nc1ccc(C2CCC2)cc1)OCc1ccccc1. The van der Waals surface area contributed by atoms with Crippen molar-refractivity contribution in [3.8, 4) is 0 Å². The first-order chi connectivity index (χ1) is 10.3. The highest BCUT2D eigenvalue weighted by Crippen LogP contribution is 2.36. The summed E-state index contributed by atoms with van der Waals surface area (Å²) in [6.07, 6.45) is 3.48. The molecule has 21 heavy (non-hydrogen) atoms. The molecule has 0 radical (unpaired) electrons. The summed E-state index contributed by atoms with van der Waals surface area (Å²) >= 11 is 0. The lowest BCUT2D eigenvalue weighted by atomic mass is 9.80. The molecule has 0 heterocycles. The van der Waals surface area contributed by atoms with E-state index < -0.39 is 6.09 Å². The number of rotatable bonds is 4. The van der Waals surface area contributed by atoms with Crippen molar-refractivity contribution >= 4 is 11.8 Å². The van der Waals surface area contributed by atoms with Gasteiger partial charge in [0.1, 0.15) is 6.61 Å². The minimum absolute atomic E-state index is 0.285. The van der Waals surface area contributed by atoms with Gasteiger partial charge in [0.25, 0.3) is 0 Å². The number of carbonyl (C=O) groups excluding carboxylic acids is 1. The summed E-state index contributed by atoms with van der Waals surface area (Å²) < 4.78 is 5.19. The van der Waals surface area contributed by atoms with E-state index in [1.165, 1.54) is 24.8 Å². The van der Waals surface area contributed by atoms with Crippen LogP contribution in [0.2, 0.25) is 0 Å². The predicted octanol–water partition coefficient (Wildman–Crippen LogP) is 4.70. The van der Waals surface area contributed by atoms with Crippen molar-refractivity contribution < 1.29 is 9.53 Å². The van der Waals surface area contributed by atoms with Crippen LogP contribution < -0.4 is 5.32 Å². The lowest BCUT2D eigenvalue weighted by Crippen LogP contribution is -2.14. The maximum atomic E-state index is 11.7. The van der Waals surface area contributed by atoms with E-state index in [0.717, 1.165) is 11.3 Å². The summed E-state index contributed by atoms with van der Waals surface area (Å²) in [7, 11) is 0. The first kappa shape index (κ1) is 13.7. The molecule has 0 aromatic heterocycles. The van der Waals surface area contributed by atoms with E-state index in [2.05, 4.69) is 17.4 Å². The minimum Gasteiger partial charge on any atom is -0.444 e. The summed E-state index contributed by atoms with van der Waals surface area (Å²) in [6, 6.07) is 17.7. The van der Waals surface area contributed by atoms with Crippen LogP contribution in [0.15, 0.2) is 54.6 Å². The van der Waals surface area contributed by atoms with E-state index in [1.807, 2.05) is 42.5 Å². The average molecular weight is 281 g/mol. The zero-order valence-corrected chi connectivity index (χ0v) is 11.9. The van der Waals surface area contributed by atoms with Crippen LogP contribution in [0, 0.1) is 0 Å². The maximum Gasteiger partial charge on any atom is 0.411 e. The van der Waals surface area contributed by atoms with Gasteiger partial charge in [0.2, 0.25) is 0 Å². The van der Waals surface area contributed by atoms with Crippen molar-refractivity contribution in [2.75, 3.05) is 5.32 Å². The Labute approximate surface area is 124 Å². The zero-order chi connectivity index (χ0) is 14.5. The molecule has 3 nitrogen and oxygen atoms in total. The summed E-state index contributed by atoms with van der Waals surface area (Å²) in [4.78, 5) is 11.7. The molecule has 108 valence electrons. The van der Waals surface area contributed by atoms with E-state index in [1.54, 1.807) is 0 Å². The predicted molar refractivity (Wildman–Crippen MR) is 83.3 cm³/mol. The highest BCUT2D eigenvalue weighted by molar-refractivity contribution is 5.84. The normalized spacial score (nSPS) is 14.3. The van der Waals surface area contributed by atoms with Crippen LogP contribution in [0.5, 0.6) is 0 Å². The van der Waals surface area contributed by atoms with E-state index >= 15 is 0 Å². The van der Waals surface area contributed by atoms with Crippen LogP contribution in [-0.2, 0) is 11.3 Å². The Morgan fingerprint density at radius 2 is 1.76 bits per heavy atom. The van der Waals surface area contributed by atoms with Crippen molar-refractivity contribution in [1.29, 1.82) is 0 Å². The fraction of sp³-hybridized carbons (Fsp3) is 0.278. The van der Waals surface area contributed by atoms with Crippen molar-refractivity contribution in [2.45, 2.75) is 31.8 Å². The number of benzene rings is 2. The number of ether oxygens (including phenoxy) is 1. The third kappa shape index (κ3) is 3.63.